The molecule has 0 saturated carbocycles. The highest BCUT2D eigenvalue weighted by atomic mass is 32.2. The number of carbonyl (C=O) groups is 1. The van der Waals surface area contributed by atoms with Crippen LogP contribution in [0, 0.1) is 17.5 Å². The van der Waals surface area contributed by atoms with Crippen LogP contribution < -0.4 is 10.9 Å². The number of thioether (sulfide) groups is 1. The Balaban J connectivity index is 1.68. The lowest BCUT2D eigenvalue weighted by atomic mass is 9.86. The minimum Gasteiger partial charge on any atom is -0.310 e. The zero-order chi connectivity index (χ0) is 20.5. The van der Waals surface area contributed by atoms with E-state index in [0.29, 0.717) is 5.75 Å². The molecular weight excluding hydrogens is 403 g/mol. The molecule has 4 rings (SSSR count). The van der Waals surface area contributed by atoms with Gasteiger partial charge in [0.25, 0.3) is 5.56 Å². The van der Waals surface area contributed by atoms with Gasteiger partial charge in [0.2, 0.25) is 5.91 Å². The van der Waals surface area contributed by atoms with Crippen LogP contribution in [0.4, 0.5) is 19.0 Å². The summed E-state index contributed by atoms with van der Waals surface area (Å²) in [6.45, 7) is 0. The first kappa shape index (κ1) is 19.3. The number of amides is 1. The second-order valence-electron chi connectivity index (χ2n) is 6.50. The van der Waals surface area contributed by atoms with E-state index in [9.17, 15) is 22.8 Å². The van der Waals surface area contributed by atoms with E-state index in [0.717, 1.165) is 11.6 Å². The molecule has 148 valence electrons. The Morgan fingerprint density at radius 1 is 1.07 bits per heavy atom. The Morgan fingerprint density at radius 2 is 1.83 bits per heavy atom. The van der Waals surface area contributed by atoms with Crippen LogP contribution in [0.1, 0.15) is 29.0 Å². The number of aromatic nitrogens is 2. The third-order valence-corrected chi connectivity index (χ3v) is 5.52. The zero-order valence-electron chi connectivity index (χ0n) is 14.8. The maximum Gasteiger partial charge on any atom is 0.257 e. The number of anilines is 1. The van der Waals surface area contributed by atoms with Crippen molar-refractivity contribution in [2.45, 2.75) is 23.2 Å². The van der Waals surface area contributed by atoms with Crippen molar-refractivity contribution in [1.82, 2.24) is 9.97 Å². The van der Waals surface area contributed by atoms with Crippen LogP contribution in [0.25, 0.3) is 0 Å². The van der Waals surface area contributed by atoms with Gasteiger partial charge in [-0.1, -0.05) is 36.0 Å². The molecule has 0 fully saturated rings. The van der Waals surface area contributed by atoms with Gasteiger partial charge in [-0.3, -0.25) is 9.59 Å². The molecule has 9 heteroatoms. The van der Waals surface area contributed by atoms with Crippen molar-refractivity contribution in [2.24, 2.45) is 0 Å². The molecule has 0 unspecified atom stereocenters. The average molecular weight is 417 g/mol. The predicted molar refractivity (Wildman–Crippen MR) is 102 cm³/mol. The van der Waals surface area contributed by atoms with Gasteiger partial charge in [-0.25, -0.2) is 18.2 Å². The number of nitrogens with one attached hydrogen (secondary N) is 2. The fourth-order valence-corrected chi connectivity index (χ4v) is 4.02. The van der Waals surface area contributed by atoms with Gasteiger partial charge in [0, 0.05) is 18.1 Å². The first-order valence-corrected chi connectivity index (χ1v) is 9.66. The minimum atomic E-state index is -1.09. The molecule has 2 heterocycles. The maximum absolute atomic E-state index is 14.3. The van der Waals surface area contributed by atoms with E-state index in [4.69, 9.17) is 0 Å². The van der Waals surface area contributed by atoms with Crippen molar-refractivity contribution in [3.05, 3.63) is 87.0 Å². The molecule has 0 radical (unpaired) electrons. The Kier molecular flexibility index (Phi) is 5.14. The number of H-pyrrole nitrogens is 1. The molecular formula is C20H14F3N3O2S. The second-order valence-corrected chi connectivity index (χ2v) is 7.46. The van der Waals surface area contributed by atoms with E-state index in [1.807, 2.05) is 0 Å². The molecule has 1 atom stereocenters. The first-order chi connectivity index (χ1) is 13.9. The van der Waals surface area contributed by atoms with Crippen molar-refractivity contribution in [3.63, 3.8) is 0 Å². The minimum absolute atomic E-state index is 0.0280. The molecule has 1 aliphatic rings. The normalized spacial score (nSPS) is 15.7. The molecule has 0 saturated heterocycles. The van der Waals surface area contributed by atoms with Gasteiger partial charge < -0.3 is 10.3 Å². The van der Waals surface area contributed by atoms with E-state index in [-0.39, 0.29) is 34.3 Å². The van der Waals surface area contributed by atoms with E-state index >= 15 is 0 Å². The summed E-state index contributed by atoms with van der Waals surface area (Å²) in [7, 11) is 0. The van der Waals surface area contributed by atoms with Crippen LogP contribution >= 0.6 is 11.8 Å². The molecule has 0 bridgehead atoms. The highest BCUT2D eigenvalue weighted by molar-refractivity contribution is 7.98. The van der Waals surface area contributed by atoms with Crippen molar-refractivity contribution in [1.29, 1.82) is 0 Å². The maximum atomic E-state index is 14.3. The summed E-state index contributed by atoms with van der Waals surface area (Å²) < 4.78 is 40.9. The Morgan fingerprint density at radius 3 is 2.59 bits per heavy atom. The summed E-state index contributed by atoms with van der Waals surface area (Å²) in [4.78, 5) is 31.7. The Labute approximate surface area is 167 Å². The summed E-state index contributed by atoms with van der Waals surface area (Å²) in [6.07, 6.45) is -0.194. The summed E-state index contributed by atoms with van der Waals surface area (Å²) in [6, 6.07) is 9.54. The SMILES string of the molecule is O=C1C[C@H](c2cccc(F)c2F)c2c(nc(SCc3ccc(F)cc3)[nH]c2=O)N1. The smallest absolute Gasteiger partial charge is 0.257 e. The molecule has 0 aliphatic carbocycles. The van der Waals surface area contributed by atoms with Gasteiger partial charge in [-0.15, -0.1) is 0 Å². The van der Waals surface area contributed by atoms with E-state index in [1.54, 1.807) is 12.1 Å². The summed E-state index contributed by atoms with van der Waals surface area (Å²) in [5.74, 6) is -3.44. The number of aromatic amines is 1. The van der Waals surface area contributed by atoms with Crippen LogP contribution in [0.2, 0.25) is 0 Å². The van der Waals surface area contributed by atoms with Gasteiger partial charge in [0.05, 0.1) is 5.56 Å². The van der Waals surface area contributed by atoms with E-state index < -0.39 is 29.0 Å². The number of halogens is 3. The molecule has 0 spiro atoms. The number of hydrogen-bond donors (Lipinski definition) is 2. The lowest BCUT2D eigenvalue weighted by Crippen LogP contribution is -2.31. The van der Waals surface area contributed by atoms with Crippen molar-refractivity contribution >= 4 is 23.5 Å². The highest BCUT2D eigenvalue weighted by Crippen LogP contribution is 2.36. The van der Waals surface area contributed by atoms with Crippen LogP contribution in [-0.4, -0.2) is 15.9 Å². The van der Waals surface area contributed by atoms with Gasteiger partial charge in [0.15, 0.2) is 16.8 Å². The lowest BCUT2D eigenvalue weighted by molar-refractivity contribution is -0.116. The molecule has 29 heavy (non-hydrogen) atoms. The number of carbonyl (C=O) groups excluding carboxylic acids is 1. The number of hydrogen-bond acceptors (Lipinski definition) is 4. The quantitative estimate of drug-likeness (QED) is 0.498. The second kappa shape index (κ2) is 7.75. The molecule has 1 aromatic heterocycles. The topological polar surface area (TPSA) is 74.8 Å². The van der Waals surface area contributed by atoms with Gasteiger partial charge in [-0.2, -0.15) is 0 Å². The van der Waals surface area contributed by atoms with Crippen LogP contribution in [0.15, 0.2) is 52.4 Å². The average Bonchev–Trinajstić information content (AvgIpc) is 2.69. The fraction of sp³-hybridized carbons (Fsp3) is 0.150. The molecule has 1 amide bonds. The highest BCUT2D eigenvalue weighted by Gasteiger charge is 2.33. The summed E-state index contributed by atoms with van der Waals surface area (Å²) >= 11 is 1.20. The van der Waals surface area contributed by atoms with Crippen LogP contribution in [-0.2, 0) is 10.5 Å². The molecule has 3 aromatic rings. The van der Waals surface area contributed by atoms with Gasteiger partial charge >= 0.3 is 0 Å². The predicted octanol–water partition coefficient (Wildman–Crippen LogP) is 3.95. The summed E-state index contributed by atoms with van der Waals surface area (Å²) in [5.41, 5.74) is 0.297. The zero-order valence-corrected chi connectivity index (χ0v) is 15.7. The lowest BCUT2D eigenvalue weighted by Gasteiger charge is -2.24. The van der Waals surface area contributed by atoms with E-state index in [2.05, 4.69) is 15.3 Å². The van der Waals surface area contributed by atoms with E-state index in [1.165, 1.54) is 36.0 Å². The number of rotatable bonds is 4. The van der Waals surface area contributed by atoms with Gasteiger partial charge in [0.1, 0.15) is 11.6 Å². The largest absolute Gasteiger partial charge is 0.310 e. The standard InChI is InChI=1S/C20H14F3N3O2S/c21-11-6-4-10(5-7-11)9-29-20-25-18-16(19(28)26-20)13(8-15(27)24-18)12-2-1-3-14(22)17(12)23/h1-7,13H,8-9H2,(H2,24,25,26,27,28)/t13-/m1/s1. The fourth-order valence-electron chi connectivity index (χ4n) is 3.21. The number of nitrogens with zero attached hydrogens (tertiary/aromatic N) is 1. The summed E-state index contributed by atoms with van der Waals surface area (Å²) in [5, 5.41) is 2.78. The molecule has 2 N–H and O–H groups in total. The Hall–Kier alpha value is -3.07. The van der Waals surface area contributed by atoms with Crippen molar-refractivity contribution < 1.29 is 18.0 Å². The van der Waals surface area contributed by atoms with Gasteiger partial charge in [-0.05, 0) is 29.3 Å². The van der Waals surface area contributed by atoms with Crippen LogP contribution in [0.5, 0.6) is 0 Å². The monoisotopic (exact) mass is 417 g/mol. The number of fused-ring (bicyclic) bond motifs is 1. The molecule has 5 nitrogen and oxygen atoms in total. The molecule has 1 aliphatic heterocycles. The first-order valence-electron chi connectivity index (χ1n) is 8.67. The molecule has 2 aromatic carbocycles. The Bertz CT molecular complexity index is 1150. The van der Waals surface area contributed by atoms with Crippen molar-refractivity contribution in [2.75, 3.05) is 5.32 Å². The number of benzene rings is 2. The third-order valence-electron chi connectivity index (χ3n) is 4.58. The van der Waals surface area contributed by atoms with Crippen molar-refractivity contribution in [3.8, 4) is 0 Å². The van der Waals surface area contributed by atoms with Crippen LogP contribution in [0.3, 0.4) is 0 Å². The third kappa shape index (κ3) is 3.91.